The second-order valence-electron chi connectivity index (χ2n) is 3.96. The van der Waals surface area contributed by atoms with Crippen LogP contribution in [0.5, 0.6) is 0 Å². The fourth-order valence-corrected chi connectivity index (χ4v) is 1.74. The maximum Gasteiger partial charge on any atom is 0.416 e. The molecular formula is C12H9F3N4. The summed E-state index contributed by atoms with van der Waals surface area (Å²) in [6, 6.07) is 4.71. The van der Waals surface area contributed by atoms with Crippen molar-refractivity contribution >= 4 is 0 Å². The highest BCUT2D eigenvalue weighted by Gasteiger charge is 2.31. The first-order valence-corrected chi connectivity index (χ1v) is 5.35. The Morgan fingerprint density at radius 2 is 1.95 bits per heavy atom. The van der Waals surface area contributed by atoms with Gasteiger partial charge in [0.15, 0.2) is 0 Å². The second-order valence-corrected chi connectivity index (χ2v) is 3.96. The molecule has 0 aliphatic rings. The van der Waals surface area contributed by atoms with Gasteiger partial charge in [-0.15, -0.1) is 0 Å². The molecule has 0 aliphatic heterocycles. The van der Waals surface area contributed by atoms with Gasteiger partial charge in [0, 0.05) is 0 Å². The van der Waals surface area contributed by atoms with Crippen molar-refractivity contribution in [2.45, 2.75) is 20.0 Å². The monoisotopic (exact) mass is 266 g/mol. The van der Waals surface area contributed by atoms with Crippen LogP contribution in [0.25, 0.3) is 5.69 Å². The van der Waals surface area contributed by atoms with Crippen LogP contribution in [-0.2, 0) is 6.18 Å². The average molecular weight is 266 g/mol. The molecule has 2 aromatic rings. The normalized spacial score (nSPS) is 11.4. The van der Waals surface area contributed by atoms with E-state index >= 15 is 0 Å². The molecule has 1 aromatic heterocycles. The zero-order chi connectivity index (χ0) is 14.2. The van der Waals surface area contributed by atoms with Gasteiger partial charge in [-0.3, -0.25) is 0 Å². The molecule has 0 fully saturated rings. The predicted octanol–water partition coefficient (Wildman–Crippen LogP) is 2.77. The van der Waals surface area contributed by atoms with Crippen molar-refractivity contribution in [3.63, 3.8) is 0 Å². The third kappa shape index (κ3) is 2.42. The summed E-state index contributed by atoms with van der Waals surface area (Å²) in [5.74, 6) is 0.995. The lowest BCUT2D eigenvalue weighted by Crippen LogP contribution is -2.08. The molecule has 0 aliphatic carbocycles. The second kappa shape index (κ2) is 4.39. The molecule has 7 heteroatoms. The maximum atomic E-state index is 12.6. The molecule has 0 saturated carbocycles. The third-order valence-corrected chi connectivity index (χ3v) is 2.55. The minimum Gasteiger partial charge on any atom is -0.217 e. The van der Waals surface area contributed by atoms with Crippen molar-refractivity contribution in [2.24, 2.45) is 0 Å². The van der Waals surface area contributed by atoms with Crippen LogP contribution in [-0.4, -0.2) is 14.8 Å². The lowest BCUT2D eigenvalue weighted by atomic mass is 10.1. The average Bonchev–Trinajstić information content (AvgIpc) is 2.66. The van der Waals surface area contributed by atoms with Gasteiger partial charge in [0.05, 0.1) is 16.8 Å². The summed E-state index contributed by atoms with van der Waals surface area (Å²) < 4.78 is 39.1. The lowest BCUT2D eigenvalue weighted by Gasteiger charge is -2.10. The highest BCUT2D eigenvalue weighted by atomic mass is 19.4. The number of rotatable bonds is 1. The quantitative estimate of drug-likeness (QED) is 0.797. The Hall–Kier alpha value is -2.36. The molecule has 0 radical (unpaired) electrons. The zero-order valence-electron chi connectivity index (χ0n) is 10.2. The first-order valence-electron chi connectivity index (χ1n) is 5.35. The molecule has 4 nitrogen and oxygen atoms in total. The van der Waals surface area contributed by atoms with E-state index in [1.54, 1.807) is 19.9 Å². The summed E-state index contributed by atoms with van der Waals surface area (Å²) >= 11 is 0. The van der Waals surface area contributed by atoms with Crippen molar-refractivity contribution in [3.8, 4) is 11.8 Å². The number of hydrogen-bond acceptors (Lipinski definition) is 3. The number of nitriles is 1. The molecule has 0 spiro atoms. The smallest absolute Gasteiger partial charge is 0.217 e. The molecule has 1 aromatic carbocycles. The van der Waals surface area contributed by atoms with Crippen LogP contribution in [0.1, 0.15) is 22.8 Å². The molecule has 0 N–H and O–H groups in total. The maximum absolute atomic E-state index is 12.6. The molecule has 0 amide bonds. The van der Waals surface area contributed by atoms with Crippen LogP contribution in [0.4, 0.5) is 13.2 Å². The molecule has 0 atom stereocenters. The van der Waals surface area contributed by atoms with Crippen LogP contribution in [0, 0.1) is 25.2 Å². The Balaban J connectivity index is 2.61. The summed E-state index contributed by atoms with van der Waals surface area (Å²) in [5, 5.41) is 13.0. The molecular weight excluding hydrogens is 257 g/mol. The Labute approximate surface area is 107 Å². The first kappa shape index (κ1) is 13.1. The van der Waals surface area contributed by atoms with Crippen molar-refractivity contribution in [1.82, 2.24) is 14.8 Å². The molecule has 1 heterocycles. The lowest BCUT2D eigenvalue weighted by molar-refractivity contribution is -0.137. The van der Waals surface area contributed by atoms with Crippen molar-refractivity contribution in [2.75, 3.05) is 0 Å². The first-order chi connectivity index (χ1) is 8.82. The summed E-state index contributed by atoms with van der Waals surface area (Å²) in [6.45, 7) is 3.33. The molecule has 19 heavy (non-hydrogen) atoms. The number of hydrogen-bond donors (Lipinski definition) is 0. The highest BCUT2D eigenvalue weighted by Crippen LogP contribution is 2.31. The van der Waals surface area contributed by atoms with E-state index in [2.05, 4.69) is 10.1 Å². The van der Waals surface area contributed by atoms with Gasteiger partial charge in [-0.25, -0.2) is 9.67 Å². The van der Waals surface area contributed by atoms with E-state index in [1.807, 2.05) is 0 Å². The van der Waals surface area contributed by atoms with Gasteiger partial charge < -0.3 is 0 Å². The summed E-state index contributed by atoms with van der Waals surface area (Å²) in [6.07, 6.45) is -4.47. The Morgan fingerprint density at radius 3 is 2.42 bits per heavy atom. The fourth-order valence-electron chi connectivity index (χ4n) is 1.74. The Kier molecular flexibility index (Phi) is 3.02. The third-order valence-electron chi connectivity index (χ3n) is 2.55. The van der Waals surface area contributed by atoms with Crippen molar-refractivity contribution in [1.29, 1.82) is 5.26 Å². The topological polar surface area (TPSA) is 54.5 Å². The van der Waals surface area contributed by atoms with Crippen LogP contribution >= 0.6 is 0 Å². The van der Waals surface area contributed by atoms with Crippen LogP contribution in [0.2, 0.25) is 0 Å². The predicted molar refractivity (Wildman–Crippen MR) is 60.6 cm³/mol. The zero-order valence-corrected chi connectivity index (χ0v) is 10.2. The molecule has 98 valence electrons. The van der Waals surface area contributed by atoms with E-state index in [0.29, 0.717) is 11.6 Å². The van der Waals surface area contributed by atoms with Gasteiger partial charge in [-0.05, 0) is 32.0 Å². The fraction of sp³-hybridized carbons (Fsp3) is 0.250. The molecule has 0 bridgehead atoms. The minimum absolute atomic E-state index is 0.0946. The number of benzene rings is 1. The van der Waals surface area contributed by atoms with Crippen LogP contribution in [0.3, 0.4) is 0 Å². The van der Waals surface area contributed by atoms with Gasteiger partial charge in [0.25, 0.3) is 0 Å². The summed E-state index contributed by atoms with van der Waals surface area (Å²) in [7, 11) is 0. The van der Waals surface area contributed by atoms with E-state index in [0.717, 1.165) is 12.1 Å². The standard InChI is InChI=1S/C12H9F3N4/c1-7-17-8(2)19(18-7)11-4-3-10(12(13,14)15)5-9(11)6-16/h3-5H,1-2H3. The van der Waals surface area contributed by atoms with Gasteiger partial charge >= 0.3 is 6.18 Å². The van der Waals surface area contributed by atoms with E-state index in [4.69, 9.17) is 5.26 Å². The molecule has 0 saturated heterocycles. The Morgan fingerprint density at radius 1 is 1.26 bits per heavy atom. The minimum atomic E-state index is -4.47. The number of aryl methyl sites for hydroxylation is 2. The van der Waals surface area contributed by atoms with E-state index in [-0.39, 0.29) is 11.3 Å². The van der Waals surface area contributed by atoms with Gasteiger partial charge in [0.1, 0.15) is 17.7 Å². The van der Waals surface area contributed by atoms with Gasteiger partial charge in [0.2, 0.25) is 0 Å². The SMILES string of the molecule is Cc1nc(C)n(-c2ccc(C(F)(F)F)cc2C#N)n1. The van der Waals surface area contributed by atoms with E-state index in [9.17, 15) is 13.2 Å². The molecule has 2 rings (SSSR count). The summed E-state index contributed by atoms with van der Waals surface area (Å²) in [5.41, 5.74) is -0.668. The highest BCUT2D eigenvalue weighted by molar-refractivity contribution is 5.51. The number of aromatic nitrogens is 3. The van der Waals surface area contributed by atoms with Crippen LogP contribution < -0.4 is 0 Å². The number of nitrogens with zero attached hydrogens (tertiary/aromatic N) is 4. The van der Waals surface area contributed by atoms with Gasteiger partial charge in [-0.2, -0.15) is 23.5 Å². The number of alkyl halides is 3. The van der Waals surface area contributed by atoms with Gasteiger partial charge in [-0.1, -0.05) is 0 Å². The van der Waals surface area contributed by atoms with E-state index < -0.39 is 11.7 Å². The van der Waals surface area contributed by atoms with E-state index in [1.165, 1.54) is 10.7 Å². The van der Waals surface area contributed by atoms with Crippen LogP contribution in [0.15, 0.2) is 18.2 Å². The van der Waals surface area contributed by atoms with Crippen molar-refractivity contribution in [3.05, 3.63) is 41.0 Å². The Bertz CT molecular complexity index is 665. The van der Waals surface area contributed by atoms with Crippen molar-refractivity contribution < 1.29 is 13.2 Å². The summed E-state index contributed by atoms with van der Waals surface area (Å²) in [4.78, 5) is 4.05. The molecule has 0 unspecified atom stereocenters. The number of halogens is 3. The largest absolute Gasteiger partial charge is 0.416 e.